The maximum absolute atomic E-state index is 12.3. The quantitative estimate of drug-likeness (QED) is 0.648. The largest absolute Gasteiger partial charge is 0.346 e. The summed E-state index contributed by atoms with van der Waals surface area (Å²) < 4.78 is 0. The van der Waals surface area contributed by atoms with Crippen molar-refractivity contribution in [2.45, 2.75) is 19.9 Å². The van der Waals surface area contributed by atoms with Gasteiger partial charge < -0.3 is 10.6 Å². The Hall–Kier alpha value is -3.22. The first kappa shape index (κ1) is 15.7. The average molecular weight is 322 g/mol. The molecule has 2 aromatic heterocycles. The highest BCUT2D eigenvalue weighted by atomic mass is 16.2. The summed E-state index contributed by atoms with van der Waals surface area (Å²) in [7, 11) is 0. The Kier molecular flexibility index (Phi) is 4.81. The Balaban J connectivity index is 1.66. The minimum absolute atomic E-state index is 0.221. The molecule has 0 unspecified atom stereocenters. The highest BCUT2D eigenvalue weighted by Gasteiger charge is 2.16. The zero-order chi connectivity index (χ0) is 16.8. The van der Waals surface area contributed by atoms with Crippen LogP contribution in [0.5, 0.6) is 0 Å². The van der Waals surface area contributed by atoms with Crippen LogP contribution in [0, 0.1) is 0 Å². The second kappa shape index (κ2) is 7.36. The van der Waals surface area contributed by atoms with Crippen LogP contribution in [0.2, 0.25) is 0 Å². The summed E-state index contributed by atoms with van der Waals surface area (Å²) in [5.74, 6) is 0.0863. The SMILES string of the molecule is CCc1ccc(Nc2n[nH]nc2C(=O)NCc2cccnc2)cc1. The lowest BCUT2D eigenvalue weighted by molar-refractivity contribution is 0.0946. The molecule has 3 aromatic rings. The number of carbonyl (C=O) groups excluding carboxylic acids is 1. The van der Waals surface area contributed by atoms with E-state index >= 15 is 0 Å². The number of hydrogen-bond donors (Lipinski definition) is 3. The molecule has 3 N–H and O–H groups in total. The second-order valence-electron chi connectivity index (χ2n) is 5.24. The molecule has 3 rings (SSSR count). The van der Waals surface area contributed by atoms with Gasteiger partial charge in [-0.1, -0.05) is 25.1 Å². The lowest BCUT2D eigenvalue weighted by atomic mass is 10.1. The topological polar surface area (TPSA) is 95.6 Å². The first-order chi connectivity index (χ1) is 11.8. The fraction of sp³-hybridized carbons (Fsp3) is 0.176. The Bertz CT molecular complexity index is 797. The van der Waals surface area contributed by atoms with Gasteiger partial charge in [-0.25, -0.2) is 0 Å². The number of benzene rings is 1. The van der Waals surface area contributed by atoms with Gasteiger partial charge in [0.05, 0.1) is 0 Å². The molecule has 0 spiro atoms. The Morgan fingerprint density at radius 1 is 1.12 bits per heavy atom. The van der Waals surface area contributed by atoms with Gasteiger partial charge in [0.2, 0.25) is 0 Å². The number of H-pyrrole nitrogens is 1. The van der Waals surface area contributed by atoms with Gasteiger partial charge in [-0.3, -0.25) is 9.78 Å². The van der Waals surface area contributed by atoms with Crippen molar-refractivity contribution in [2.24, 2.45) is 0 Å². The van der Waals surface area contributed by atoms with Crippen molar-refractivity contribution >= 4 is 17.4 Å². The van der Waals surface area contributed by atoms with Gasteiger partial charge >= 0.3 is 0 Å². The van der Waals surface area contributed by atoms with E-state index in [0.29, 0.717) is 12.4 Å². The number of aryl methyl sites for hydroxylation is 1. The molecule has 0 bridgehead atoms. The molecule has 0 aliphatic carbocycles. The Labute approximate surface area is 139 Å². The molecule has 122 valence electrons. The van der Waals surface area contributed by atoms with E-state index in [1.165, 1.54) is 5.56 Å². The van der Waals surface area contributed by atoms with E-state index in [0.717, 1.165) is 17.7 Å². The minimum Gasteiger partial charge on any atom is -0.346 e. The number of rotatable bonds is 6. The molecule has 24 heavy (non-hydrogen) atoms. The van der Waals surface area contributed by atoms with Crippen molar-refractivity contribution in [1.82, 2.24) is 25.7 Å². The third kappa shape index (κ3) is 3.75. The molecule has 0 atom stereocenters. The molecule has 1 aromatic carbocycles. The molecule has 7 nitrogen and oxygen atoms in total. The van der Waals surface area contributed by atoms with E-state index in [9.17, 15) is 4.79 Å². The molecular formula is C17H18N6O. The van der Waals surface area contributed by atoms with Crippen molar-refractivity contribution in [3.8, 4) is 0 Å². The van der Waals surface area contributed by atoms with E-state index < -0.39 is 0 Å². The van der Waals surface area contributed by atoms with Crippen molar-refractivity contribution in [3.05, 3.63) is 65.6 Å². The first-order valence-electron chi connectivity index (χ1n) is 7.70. The van der Waals surface area contributed by atoms with E-state index in [-0.39, 0.29) is 11.6 Å². The van der Waals surface area contributed by atoms with E-state index in [4.69, 9.17) is 0 Å². The van der Waals surface area contributed by atoms with Crippen LogP contribution in [0.25, 0.3) is 0 Å². The molecular weight excluding hydrogens is 304 g/mol. The fourth-order valence-electron chi connectivity index (χ4n) is 2.21. The number of aromatic amines is 1. The molecule has 0 radical (unpaired) electrons. The predicted molar refractivity (Wildman–Crippen MR) is 90.9 cm³/mol. The normalized spacial score (nSPS) is 10.4. The highest BCUT2D eigenvalue weighted by molar-refractivity contribution is 5.97. The zero-order valence-corrected chi connectivity index (χ0v) is 13.3. The third-order valence-corrected chi connectivity index (χ3v) is 3.56. The summed E-state index contributed by atoms with van der Waals surface area (Å²) in [6.45, 7) is 2.48. The molecule has 2 heterocycles. The van der Waals surface area contributed by atoms with E-state index in [1.54, 1.807) is 12.4 Å². The zero-order valence-electron chi connectivity index (χ0n) is 13.3. The average Bonchev–Trinajstić information content (AvgIpc) is 3.09. The summed E-state index contributed by atoms with van der Waals surface area (Å²) in [4.78, 5) is 16.3. The maximum Gasteiger partial charge on any atom is 0.275 e. The standard InChI is InChI=1S/C17H18N6O/c1-2-12-5-7-14(8-6-12)20-16-15(21-23-22-16)17(24)19-11-13-4-3-9-18-10-13/h3-10H,2,11H2,1H3,(H,19,24)(H2,20,21,22,23). The number of pyridine rings is 1. The van der Waals surface area contributed by atoms with Crippen LogP contribution in [-0.2, 0) is 13.0 Å². The predicted octanol–water partition coefficient (Wildman–Crippen LogP) is 2.44. The fourth-order valence-corrected chi connectivity index (χ4v) is 2.21. The monoisotopic (exact) mass is 322 g/mol. The van der Waals surface area contributed by atoms with Gasteiger partial charge in [0, 0.05) is 24.6 Å². The number of aromatic nitrogens is 4. The Morgan fingerprint density at radius 3 is 2.67 bits per heavy atom. The van der Waals surface area contributed by atoms with Crippen molar-refractivity contribution in [1.29, 1.82) is 0 Å². The number of amides is 1. The van der Waals surface area contributed by atoms with Crippen LogP contribution in [0.3, 0.4) is 0 Å². The number of nitrogens with zero attached hydrogens (tertiary/aromatic N) is 3. The van der Waals surface area contributed by atoms with Crippen molar-refractivity contribution in [3.63, 3.8) is 0 Å². The van der Waals surface area contributed by atoms with Crippen molar-refractivity contribution < 1.29 is 4.79 Å². The molecule has 0 saturated heterocycles. The van der Waals surface area contributed by atoms with Crippen LogP contribution in [0.1, 0.15) is 28.5 Å². The lowest BCUT2D eigenvalue weighted by Crippen LogP contribution is -2.24. The van der Waals surface area contributed by atoms with E-state index in [2.05, 4.69) is 38.0 Å². The smallest absolute Gasteiger partial charge is 0.275 e. The van der Waals surface area contributed by atoms with Gasteiger partial charge in [-0.05, 0) is 35.7 Å². The first-order valence-corrected chi connectivity index (χ1v) is 7.70. The second-order valence-corrected chi connectivity index (χ2v) is 5.24. The van der Waals surface area contributed by atoms with Gasteiger partial charge in [0.15, 0.2) is 11.5 Å². The summed E-state index contributed by atoms with van der Waals surface area (Å²) in [6.07, 6.45) is 4.37. The molecule has 1 amide bonds. The number of anilines is 2. The molecule has 7 heteroatoms. The van der Waals surface area contributed by atoms with Crippen LogP contribution in [-0.4, -0.2) is 26.3 Å². The molecule has 0 saturated carbocycles. The summed E-state index contributed by atoms with van der Waals surface area (Å²) >= 11 is 0. The van der Waals surface area contributed by atoms with Crippen LogP contribution in [0.15, 0.2) is 48.8 Å². The maximum atomic E-state index is 12.3. The van der Waals surface area contributed by atoms with Crippen molar-refractivity contribution in [2.75, 3.05) is 5.32 Å². The number of nitrogens with one attached hydrogen (secondary N) is 3. The molecule has 0 aliphatic rings. The van der Waals surface area contributed by atoms with Gasteiger partial charge in [-0.2, -0.15) is 5.21 Å². The van der Waals surface area contributed by atoms with Gasteiger partial charge in [-0.15, -0.1) is 10.2 Å². The van der Waals surface area contributed by atoms with Crippen LogP contribution < -0.4 is 10.6 Å². The third-order valence-electron chi connectivity index (χ3n) is 3.56. The van der Waals surface area contributed by atoms with Crippen LogP contribution >= 0.6 is 0 Å². The molecule has 0 fully saturated rings. The summed E-state index contributed by atoms with van der Waals surface area (Å²) in [5, 5.41) is 16.3. The molecule has 0 aliphatic heterocycles. The highest BCUT2D eigenvalue weighted by Crippen LogP contribution is 2.17. The lowest BCUT2D eigenvalue weighted by Gasteiger charge is -2.07. The minimum atomic E-state index is -0.305. The summed E-state index contributed by atoms with van der Waals surface area (Å²) in [5.41, 5.74) is 3.23. The van der Waals surface area contributed by atoms with E-state index in [1.807, 2.05) is 36.4 Å². The number of hydrogen-bond acceptors (Lipinski definition) is 5. The van der Waals surface area contributed by atoms with Crippen LogP contribution in [0.4, 0.5) is 11.5 Å². The number of carbonyl (C=O) groups is 1. The summed E-state index contributed by atoms with van der Waals surface area (Å²) in [6, 6.07) is 11.7. The Morgan fingerprint density at radius 2 is 1.96 bits per heavy atom. The van der Waals surface area contributed by atoms with Gasteiger partial charge in [0.25, 0.3) is 5.91 Å². The van der Waals surface area contributed by atoms with Gasteiger partial charge in [0.1, 0.15) is 0 Å².